The van der Waals surface area contributed by atoms with Gasteiger partial charge in [-0.2, -0.15) is 0 Å². The number of nitrogens with zero attached hydrogens (tertiary/aromatic N) is 1. The fraction of sp³-hybridized carbons (Fsp3) is 0.0476. The lowest BCUT2D eigenvalue weighted by Gasteiger charge is -2.09. The molecule has 2 aromatic heterocycles. The van der Waals surface area contributed by atoms with Crippen LogP contribution in [0.1, 0.15) is 15.2 Å². The number of hydrogen-bond donors (Lipinski definition) is 1. The Hall–Kier alpha value is -2.96. The number of amides is 1. The van der Waals surface area contributed by atoms with Crippen LogP contribution in [0.15, 0.2) is 77.6 Å². The number of carbonyl (C=O) groups excluding carboxylic acids is 1. The molecule has 0 atom stereocenters. The fourth-order valence-corrected chi connectivity index (χ4v) is 3.83. The van der Waals surface area contributed by atoms with E-state index in [1.165, 1.54) is 0 Å². The first-order valence-corrected chi connectivity index (χ1v) is 10.1. The molecule has 0 bridgehead atoms. The average molecular weight is 393 g/mol. The maximum absolute atomic E-state index is 12.6. The van der Waals surface area contributed by atoms with Crippen LogP contribution in [0.4, 0.5) is 5.69 Å². The number of carbonyl (C=O) groups is 1. The number of hydrogen-bond acceptors (Lipinski definition) is 5. The zero-order valence-electron chi connectivity index (χ0n) is 14.3. The predicted molar refractivity (Wildman–Crippen MR) is 111 cm³/mol. The molecule has 0 aliphatic carbocycles. The van der Waals surface area contributed by atoms with Crippen molar-refractivity contribution in [1.82, 2.24) is 4.98 Å². The van der Waals surface area contributed by atoms with Gasteiger partial charge >= 0.3 is 0 Å². The van der Waals surface area contributed by atoms with Gasteiger partial charge in [0.2, 0.25) is 0 Å². The van der Waals surface area contributed by atoms with Gasteiger partial charge in [0.05, 0.1) is 0 Å². The number of rotatable bonds is 6. The predicted octanol–water partition coefficient (Wildman–Crippen LogP) is 5.70. The minimum atomic E-state index is -0.173. The Labute approximate surface area is 165 Å². The molecule has 1 amide bonds. The summed E-state index contributed by atoms with van der Waals surface area (Å²) in [5.74, 6) is 0.500. The Balaban J connectivity index is 1.45. The number of thiophene rings is 1. The van der Waals surface area contributed by atoms with E-state index in [9.17, 15) is 4.79 Å². The minimum absolute atomic E-state index is 0.173. The Morgan fingerprint density at radius 1 is 1.00 bits per heavy atom. The molecule has 0 aliphatic heterocycles. The molecule has 4 aromatic rings. The van der Waals surface area contributed by atoms with Crippen molar-refractivity contribution in [3.63, 3.8) is 0 Å². The molecule has 0 saturated carbocycles. The number of aromatic nitrogens is 1. The summed E-state index contributed by atoms with van der Waals surface area (Å²) in [4.78, 5) is 18.1. The highest BCUT2D eigenvalue weighted by atomic mass is 32.1. The third kappa shape index (κ3) is 4.42. The summed E-state index contributed by atoms with van der Waals surface area (Å²) in [5.41, 5.74) is 2.27. The van der Waals surface area contributed by atoms with Crippen LogP contribution in [0, 0.1) is 0 Å². The molecule has 6 heteroatoms. The normalized spacial score (nSPS) is 10.5. The number of nitrogens with one attached hydrogen (secondary N) is 1. The molecule has 27 heavy (non-hydrogen) atoms. The molecular formula is C21H16N2O2S2. The number of benzene rings is 2. The SMILES string of the molecule is O=C(Nc1cccc(-c2nccs2)c1)c1cccc(OCc2cccs2)c1. The number of thiazole rings is 1. The van der Waals surface area contributed by atoms with E-state index in [0.717, 1.165) is 21.1 Å². The van der Waals surface area contributed by atoms with Crippen LogP contribution in [-0.4, -0.2) is 10.9 Å². The van der Waals surface area contributed by atoms with Gasteiger partial charge in [0.15, 0.2) is 0 Å². The molecule has 0 aliphatic rings. The van der Waals surface area contributed by atoms with Gasteiger partial charge in [-0.1, -0.05) is 24.3 Å². The molecule has 4 nitrogen and oxygen atoms in total. The molecule has 2 heterocycles. The topological polar surface area (TPSA) is 51.2 Å². The van der Waals surface area contributed by atoms with Crippen LogP contribution in [0.5, 0.6) is 5.75 Å². The first-order valence-electron chi connectivity index (χ1n) is 8.34. The maximum Gasteiger partial charge on any atom is 0.255 e. The first kappa shape index (κ1) is 17.5. The van der Waals surface area contributed by atoms with E-state index in [1.807, 2.05) is 59.3 Å². The molecular weight excluding hydrogens is 376 g/mol. The fourth-order valence-electron chi connectivity index (χ4n) is 2.58. The highest BCUT2D eigenvalue weighted by molar-refractivity contribution is 7.13. The molecule has 134 valence electrons. The van der Waals surface area contributed by atoms with Crippen molar-refractivity contribution in [2.45, 2.75) is 6.61 Å². The van der Waals surface area contributed by atoms with Crippen LogP contribution in [0.2, 0.25) is 0 Å². The van der Waals surface area contributed by atoms with Crippen molar-refractivity contribution in [3.8, 4) is 16.3 Å². The quantitative estimate of drug-likeness (QED) is 0.458. The monoisotopic (exact) mass is 392 g/mol. The second kappa shape index (κ2) is 8.16. The van der Waals surface area contributed by atoms with Gasteiger partial charge in [-0.3, -0.25) is 4.79 Å². The summed E-state index contributed by atoms with van der Waals surface area (Å²) in [6, 6.07) is 18.9. The molecule has 0 spiro atoms. The number of anilines is 1. The third-order valence-corrected chi connectivity index (χ3v) is 5.53. The van der Waals surface area contributed by atoms with Crippen LogP contribution >= 0.6 is 22.7 Å². The molecule has 4 rings (SSSR count). The lowest BCUT2D eigenvalue weighted by molar-refractivity contribution is 0.102. The molecule has 0 unspecified atom stereocenters. The summed E-state index contributed by atoms with van der Waals surface area (Å²) >= 11 is 3.21. The van der Waals surface area contributed by atoms with Gasteiger partial charge in [0.1, 0.15) is 17.4 Å². The maximum atomic E-state index is 12.6. The Kier molecular flexibility index (Phi) is 5.27. The summed E-state index contributed by atoms with van der Waals surface area (Å²) in [6.45, 7) is 0.499. The zero-order valence-corrected chi connectivity index (χ0v) is 15.9. The van der Waals surface area contributed by atoms with Gasteiger partial charge in [-0.15, -0.1) is 22.7 Å². The van der Waals surface area contributed by atoms with Crippen molar-refractivity contribution in [2.75, 3.05) is 5.32 Å². The van der Waals surface area contributed by atoms with E-state index in [0.29, 0.717) is 17.9 Å². The third-order valence-electron chi connectivity index (χ3n) is 3.86. The van der Waals surface area contributed by atoms with Gasteiger partial charge in [-0.05, 0) is 41.8 Å². The molecule has 0 radical (unpaired) electrons. The Morgan fingerprint density at radius 2 is 1.93 bits per heavy atom. The Bertz CT molecular complexity index is 1030. The summed E-state index contributed by atoms with van der Waals surface area (Å²) in [6.07, 6.45) is 1.77. The minimum Gasteiger partial charge on any atom is -0.488 e. The van der Waals surface area contributed by atoms with Gasteiger partial charge in [0, 0.05) is 33.3 Å². The van der Waals surface area contributed by atoms with E-state index in [-0.39, 0.29) is 5.91 Å². The number of ether oxygens (including phenoxy) is 1. The zero-order chi connectivity index (χ0) is 18.5. The Morgan fingerprint density at radius 3 is 2.74 bits per heavy atom. The summed E-state index contributed by atoms with van der Waals surface area (Å²) in [7, 11) is 0. The van der Waals surface area contributed by atoms with Crippen molar-refractivity contribution < 1.29 is 9.53 Å². The molecule has 1 N–H and O–H groups in total. The molecule has 0 saturated heterocycles. The van der Waals surface area contributed by atoms with E-state index in [1.54, 1.807) is 41.0 Å². The highest BCUT2D eigenvalue weighted by Crippen LogP contribution is 2.25. The second-order valence-electron chi connectivity index (χ2n) is 5.77. The average Bonchev–Trinajstić information content (AvgIpc) is 3.41. The van der Waals surface area contributed by atoms with Crippen LogP contribution in [0.25, 0.3) is 10.6 Å². The van der Waals surface area contributed by atoms with Gasteiger partial charge < -0.3 is 10.1 Å². The molecule has 0 fully saturated rings. The lowest BCUT2D eigenvalue weighted by Crippen LogP contribution is -2.12. The van der Waals surface area contributed by atoms with E-state index >= 15 is 0 Å². The smallest absolute Gasteiger partial charge is 0.255 e. The summed E-state index contributed by atoms with van der Waals surface area (Å²) in [5, 5.41) is 7.82. The van der Waals surface area contributed by atoms with E-state index < -0.39 is 0 Å². The standard InChI is InChI=1S/C21H16N2O2S2/c24-20(23-17-6-1-5-16(12-17)21-22-9-11-27-21)15-4-2-7-18(13-15)25-14-19-8-3-10-26-19/h1-13H,14H2,(H,23,24). The second-order valence-corrected chi connectivity index (χ2v) is 7.69. The van der Waals surface area contributed by atoms with Gasteiger partial charge in [0.25, 0.3) is 5.91 Å². The molecule has 2 aromatic carbocycles. The van der Waals surface area contributed by atoms with Gasteiger partial charge in [-0.25, -0.2) is 4.98 Å². The highest BCUT2D eigenvalue weighted by Gasteiger charge is 2.09. The van der Waals surface area contributed by atoms with E-state index in [2.05, 4.69) is 10.3 Å². The van der Waals surface area contributed by atoms with Crippen LogP contribution < -0.4 is 10.1 Å². The van der Waals surface area contributed by atoms with Crippen LogP contribution in [0.3, 0.4) is 0 Å². The van der Waals surface area contributed by atoms with Crippen molar-refractivity contribution >= 4 is 34.3 Å². The summed E-state index contributed by atoms with van der Waals surface area (Å²) < 4.78 is 5.78. The van der Waals surface area contributed by atoms with Crippen molar-refractivity contribution in [2.24, 2.45) is 0 Å². The lowest BCUT2D eigenvalue weighted by atomic mass is 10.1. The van der Waals surface area contributed by atoms with Crippen LogP contribution in [-0.2, 0) is 6.61 Å². The largest absolute Gasteiger partial charge is 0.488 e. The van der Waals surface area contributed by atoms with E-state index in [4.69, 9.17) is 4.74 Å². The van der Waals surface area contributed by atoms with Crippen molar-refractivity contribution in [3.05, 3.63) is 88.1 Å². The first-order chi connectivity index (χ1) is 13.3. The van der Waals surface area contributed by atoms with Crippen molar-refractivity contribution in [1.29, 1.82) is 0 Å².